The molecule has 0 radical (unpaired) electrons. The minimum absolute atomic E-state index is 0. The van der Waals surface area contributed by atoms with E-state index in [1.807, 2.05) is 0 Å². The molecular formula is C14H30B2F8N6Zn. The average Bonchev–Trinajstić information content (AvgIpc) is 2.56. The zero-order valence-electron chi connectivity index (χ0n) is 17.9. The Bertz CT molecular complexity index is 330. The van der Waals surface area contributed by atoms with Crippen LogP contribution in [0.4, 0.5) is 34.5 Å². The van der Waals surface area contributed by atoms with E-state index in [9.17, 15) is 34.5 Å². The topological polar surface area (TPSA) is 95.7 Å². The first-order valence-corrected chi connectivity index (χ1v) is 9.02. The van der Waals surface area contributed by atoms with Crippen molar-refractivity contribution < 1.29 is 54.0 Å². The summed E-state index contributed by atoms with van der Waals surface area (Å²) in [5.41, 5.74) is 0. The summed E-state index contributed by atoms with van der Waals surface area (Å²) >= 11 is 0. The van der Waals surface area contributed by atoms with Gasteiger partial charge >= 0.3 is 34.0 Å². The molecule has 31 heavy (non-hydrogen) atoms. The summed E-state index contributed by atoms with van der Waals surface area (Å²) in [6.07, 6.45) is 2.44. The van der Waals surface area contributed by atoms with Crippen LogP contribution in [-0.2, 0) is 19.5 Å². The number of nitrogens with zero attached hydrogens (tertiary/aromatic N) is 2. The molecule has 180 valence electrons. The molecule has 0 aromatic heterocycles. The van der Waals surface area contributed by atoms with Gasteiger partial charge in [0.05, 0.1) is 12.1 Å². The Morgan fingerprint density at radius 2 is 0.645 bits per heavy atom. The minimum Gasteiger partial charge on any atom is -0.418 e. The number of nitrogens with one attached hydrogen (secondary N) is 4. The van der Waals surface area contributed by atoms with E-state index in [0.29, 0.717) is 0 Å². The molecule has 0 unspecified atom stereocenters. The monoisotopic (exact) mass is 520 g/mol. The number of rotatable bonds is 0. The standard InChI is InChI=1S/C10H24N4.2C2H3N.2BF4.Zn/c1-3-11-7-9-13-5-2-6-14-10-8-12-4-1;2*1-2-3;2*2-1(3,4)5;/h11-14H,1-10H2;2*1H3;;;/q;;;2*-1;+2. The molecule has 0 spiro atoms. The summed E-state index contributed by atoms with van der Waals surface area (Å²) in [5, 5.41) is 28.3. The van der Waals surface area contributed by atoms with Gasteiger partial charge in [-0.3, -0.25) is 0 Å². The molecule has 6 nitrogen and oxygen atoms in total. The molecule has 17 heteroatoms. The molecule has 0 aromatic carbocycles. The van der Waals surface area contributed by atoms with Gasteiger partial charge in [-0.1, -0.05) is 0 Å². The van der Waals surface area contributed by atoms with Crippen LogP contribution in [0.25, 0.3) is 0 Å². The summed E-state index contributed by atoms with van der Waals surface area (Å²) in [4.78, 5) is 0. The molecule has 4 N–H and O–H groups in total. The Hall–Kier alpha value is -0.987. The molecule has 0 bridgehead atoms. The second-order valence-corrected chi connectivity index (χ2v) is 5.14. The third-order valence-corrected chi connectivity index (χ3v) is 2.37. The van der Waals surface area contributed by atoms with Crippen molar-refractivity contribution in [2.75, 3.05) is 52.4 Å². The first-order valence-electron chi connectivity index (χ1n) is 9.02. The van der Waals surface area contributed by atoms with Gasteiger partial charge in [0.15, 0.2) is 0 Å². The van der Waals surface area contributed by atoms with Crippen LogP contribution in [0.15, 0.2) is 0 Å². The summed E-state index contributed by atoms with van der Waals surface area (Å²) in [6.45, 7) is 11.7. The maximum absolute atomic E-state index is 9.75. The Kier molecular flexibility index (Phi) is 40.6. The summed E-state index contributed by atoms with van der Waals surface area (Å²) in [5.74, 6) is 0. The summed E-state index contributed by atoms with van der Waals surface area (Å²) < 4.78 is 78.0. The molecule has 0 amide bonds. The average molecular weight is 521 g/mol. The number of hydrogen-bond donors (Lipinski definition) is 4. The van der Waals surface area contributed by atoms with E-state index < -0.39 is 14.5 Å². The molecule has 1 saturated heterocycles. The molecule has 1 rings (SSSR count). The zero-order valence-corrected chi connectivity index (χ0v) is 20.8. The molecule has 1 aliphatic heterocycles. The van der Waals surface area contributed by atoms with Gasteiger partial charge in [-0.25, -0.2) is 0 Å². The van der Waals surface area contributed by atoms with Gasteiger partial charge in [-0.05, 0) is 39.0 Å². The molecule has 0 aromatic rings. The van der Waals surface area contributed by atoms with Gasteiger partial charge in [0, 0.05) is 40.0 Å². The molecule has 0 saturated carbocycles. The van der Waals surface area contributed by atoms with Crippen molar-refractivity contribution in [3.05, 3.63) is 0 Å². The number of hydrogen-bond acceptors (Lipinski definition) is 6. The molecule has 1 fully saturated rings. The van der Waals surface area contributed by atoms with Gasteiger partial charge in [-0.15, -0.1) is 0 Å². The predicted molar refractivity (Wildman–Crippen MR) is 104 cm³/mol. The maximum atomic E-state index is 9.75. The second kappa shape index (κ2) is 31.2. The van der Waals surface area contributed by atoms with Gasteiger partial charge < -0.3 is 55.8 Å². The quantitative estimate of drug-likeness (QED) is 0.289. The zero-order chi connectivity index (χ0) is 24.3. The molecular weight excluding hydrogens is 491 g/mol. The molecule has 0 atom stereocenters. The number of nitriles is 2. The van der Waals surface area contributed by atoms with Crippen LogP contribution in [0, 0.1) is 22.7 Å². The third-order valence-electron chi connectivity index (χ3n) is 2.37. The number of halogens is 8. The normalized spacial score (nSPS) is 15.2. The largest absolute Gasteiger partial charge is 2.00 e. The predicted octanol–water partition coefficient (Wildman–Crippen LogP) is 2.80. The third kappa shape index (κ3) is 125. The van der Waals surface area contributed by atoms with Gasteiger partial charge in [0.1, 0.15) is 0 Å². The minimum atomic E-state index is -6.00. The van der Waals surface area contributed by atoms with E-state index in [2.05, 4.69) is 21.3 Å². The SMILES string of the molecule is C1CNCCNCCCNCCNC1.CC#N.CC#N.F[B-](F)(F)F.F[B-](F)(F)F.[Zn+2]. The van der Waals surface area contributed by atoms with Crippen LogP contribution in [0.1, 0.15) is 26.7 Å². The van der Waals surface area contributed by atoms with Crippen molar-refractivity contribution in [1.82, 2.24) is 21.3 Å². The Morgan fingerprint density at radius 3 is 0.774 bits per heavy atom. The van der Waals surface area contributed by atoms with Crippen LogP contribution >= 0.6 is 0 Å². The van der Waals surface area contributed by atoms with Gasteiger partial charge in [0.2, 0.25) is 0 Å². The molecule has 1 heterocycles. The fourth-order valence-electron chi connectivity index (χ4n) is 1.53. The van der Waals surface area contributed by atoms with Crippen molar-refractivity contribution in [2.24, 2.45) is 0 Å². The van der Waals surface area contributed by atoms with Crippen LogP contribution in [0.3, 0.4) is 0 Å². The first kappa shape index (κ1) is 40.4. The molecule has 1 aliphatic rings. The van der Waals surface area contributed by atoms with Crippen LogP contribution < -0.4 is 21.3 Å². The summed E-state index contributed by atoms with van der Waals surface area (Å²) in [7, 11) is -12.0. The van der Waals surface area contributed by atoms with Crippen molar-refractivity contribution in [3.63, 3.8) is 0 Å². The first-order chi connectivity index (χ1) is 13.8. The Labute approximate surface area is 191 Å². The van der Waals surface area contributed by atoms with Crippen molar-refractivity contribution in [2.45, 2.75) is 26.7 Å². The fourth-order valence-corrected chi connectivity index (χ4v) is 1.53. The van der Waals surface area contributed by atoms with Crippen LogP contribution in [0.2, 0.25) is 0 Å². The van der Waals surface area contributed by atoms with E-state index >= 15 is 0 Å². The van der Waals surface area contributed by atoms with Crippen molar-refractivity contribution in [3.8, 4) is 12.1 Å². The van der Waals surface area contributed by atoms with E-state index in [0.717, 1.165) is 52.4 Å². The van der Waals surface area contributed by atoms with Crippen molar-refractivity contribution >= 4 is 14.5 Å². The van der Waals surface area contributed by atoms with E-state index in [1.54, 1.807) is 12.1 Å². The molecule has 0 aliphatic carbocycles. The van der Waals surface area contributed by atoms with E-state index in [1.165, 1.54) is 26.7 Å². The Morgan fingerprint density at radius 1 is 0.516 bits per heavy atom. The second-order valence-electron chi connectivity index (χ2n) is 5.14. The van der Waals surface area contributed by atoms with Crippen LogP contribution in [-0.4, -0.2) is 66.9 Å². The Balaban J connectivity index is -0.000000110. The van der Waals surface area contributed by atoms with Crippen LogP contribution in [0.5, 0.6) is 0 Å². The smallest absolute Gasteiger partial charge is 0.418 e. The summed E-state index contributed by atoms with van der Waals surface area (Å²) in [6, 6.07) is 3.50. The van der Waals surface area contributed by atoms with Gasteiger partial charge in [0.25, 0.3) is 0 Å². The van der Waals surface area contributed by atoms with Gasteiger partial charge in [-0.2, -0.15) is 10.5 Å². The fraction of sp³-hybridized carbons (Fsp3) is 0.857. The van der Waals surface area contributed by atoms with E-state index in [4.69, 9.17) is 10.5 Å². The maximum Gasteiger partial charge on any atom is 2.00 e. The van der Waals surface area contributed by atoms with Crippen molar-refractivity contribution in [1.29, 1.82) is 10.5 Å². The van der Waals surface area contributed by atoms with E-state index in [-0.39, 0.29) is 19.5 Å².